The molecule has 1 aromatic heterocycles. The zero-order valence-corrected chi connectivity index (χ0v) is 10.9. The van der Waals surface area contributed by atoms with Gasteiger partial charge in [0.25, 0.3) is 5.69 Å². The number of nitro benzene ring substituents is 1. The Morgan fingerprint density at radius 1 is 1.57 bits per heavy atom. The minimum Gasteiger partial charge on any atom is -0.477 e. The van der Waals surface area contributed by atoms with E-state index in [2.05, 4.69) is 10.4 Å². The second kappa shape index (κ2) is 5.57. The maximum atomic E-state index is 13.8. The Morgan fingerprint density at radius 2 is 2.29 bits per heavy atom. The van der Waals surface area contributed by atoms with Crippen LogP contribution in [-0.2, 0) is 6.54 Å². The molecule has 0 amide bonds. The lowest BCUT2D eigenvalue weighted by Gasteiger charge is -2.07. The van der Waals surface area contributed by atoms with Crippen LogP contribution in [0.25, 0.3) is 0 Å². The van der Waals surface area contributed by atoms with E-state index in [1.807, 2.05) is 6.92 Å². The van der Waals surface area contributed by atoms with Crippen LogP contribution in [0.5, 0.6) is 0 Å². The van der Waals surface area contributed by atoms with Crippen LogP contribution in [-0.4, -0.2) is 25.8 Å². The summed E-state index contributed by atoms with van der Waals surface area (Å²) in [5.41, 5.74) is -1.11. The largest absolute Gasteiger partial charge is 0.477 e. The van der Waals surface area contributed by atoms with Crippen molar-refractivity contribution >= 4 is 23.0 Å². The van der Waals surface area contributed by atoms with Gasteiger partial charge in [0.15, 0.2) is 5.82 Å². The number of nitrogens with zero attached hydrogens (tertiary/aromatic N) is 3. The number of carboxylic acids is 1. The highest BCUT2D eigenvalue weighted by atomic mass is 19.1. The summed E-state index contributed by atoms with van der Waals surface area (Å²) in [5.74, 6) is -2.43. The van der Waals surface area contributed by atoms with Gasteiger partial charge in [-0.1, -0.05) is 0 Å². The molecule has 0 saturated carbocycles. The Kier molecular flexibility index (Phi) is 3.83. The van der Waals surface area contributed by atoms with Gasteiger partial charge in [-0.25, -0.2) is 9.18 Å². The predicted molar refractivity (Wildman–Crippen MR) is 71.2 cm³/mol. The monoisotopic (exact) mass is 294 g/mol. The van der Waals surface area contributed by atoms with Crippen LogP contribution in [0.4, 0.5) is 21.5 Å². The van der Waals surface area contributed by atoms with E-state index >= 15 is 0 Å². The minimum atomic E-state index is -1.51. The molecule has 0 radical (unpaired) electrons. The van der Waals surface area contributed by atoms with Crippen LogP contribution < -0.4 is 5.32 Å². The van der Waals surface area contributed by atoms with Crippen molar-refractivity contribution in [2.24, 2.45) is 0 Å². The molecule has 0 fully saturated rings. The van der Waals surface area contributed by atoms with Gasteiger partial charge in [-0.3, -0.25) is 14.8 Å². The minimum absolute atomic E-state index is 0.173. The molecule has 0 bridgehead atoms. The summed E-state index contributed by atoms with van der Waals surface area (Å²) in [4.78, 5) is 20.8. The Bertz CT molecular complexity index is 713. The Labute approximate surface area is 118 Å². The number of carboxylic acid groups (broad SMARTS) is 1. The highest BCUT2D eigenvalue weighted by Gasteiger charge is 2.23. The van der Waals surface area contributed by atoms with E-state index < -0.39 is 28.0 Å². The van der Waals surface area contributed by atoms with E-state index in [9.17, 15) is 19.3 Å². The fraction of sp³-hybridized carbons (Fsp3) is 0.167. The normalized spacial score (nSPS) is 10.4. The number of rotatable bonds is 5. The van der Waals surface area contributed by atoms with Gasteiger partial charge in [0.1, 0.15) is 5.56 Å². The van der Waals surface area contributed by atoms with Crippen LogP contribution >= 0.6 is 0 Å². The summed E-state index contributed by atoms with van der Waals surface area (Å²) in [6.45, 7) is 2.48. The van der Waals surface area contributed by atoms with E-state index in [4.69, 9.17) is 5.11 Å². The first-order valence-electron chi connectivity index (χ1n) is 5.93. The molecule has 2 rings (SSSR count). The molecule has 0 saturated heterocycles. The molecule has 1 heterocycles. The van der Waals surface area contributed by atoms with Gasteiger partial charge in [0.05, 0.1) is 28.6 Å². The van der Waals surface area contributed by atoms with Gasteiger partial charge in [-0.05, 0) is 13.0 Å². The number of hydrogen-bond donors (Lipinski definition) is 2. The van der Waals surface area contributed by atoms with Crippen molar-refractivity contribution in [1.82, 2.24) is 9.78 Å². The molecular formula is C12H11FN4O4. The molecule has 2 N–H and O–H groups in total. The summed E-state index contributed by atoms with van der Waals surface area (Å²) in [7, 11) is 0. The number of aromatic carboxylic acids is 1. The summed E-state index contributed by atoms with van der Waals surface area (Å²) < 4.78 is 15.4. The predicted octanol–water partition coefficient (Wildman–Crippen LogP) is 2.39. The third-order valence-corrected chi connectivity index (χ3v) is 2.75. The zero-order valence-electron chi connectivity index (χ0n) is 10.9. The Hall–Kier alpha value is -2.97. The third-order valence-electron chi connectivity index (χ3n) is 2.75. The molecule has 0 spiro atoms. The number of aryl methyl sites for hydroxylation is 1. The molecule has 8 nitrogen and oxygen atoms in total. The first-order valence-corrected chi connectivity index (χ1v) is 5.93. The second-order valence-electron chi connectivity index (χ2n) is 4.12. The van der Waals surface area contributed by atoms with Crippen molar-refractivity contribution in [3.05, 3.63) is 46.0 Å². The molecule has 9 heteroatoms. The summed E-state index contributed by atoms with van der Waals surface area (Å²) in [6.07, 6.45) is 3.03. The molecule has 0 aliphatic rings. The fourth-order valence-corrected chi connectivity index (χ4v) is 1.74. The molecule has 0 atom stereocenters. The number of carbonyl (C=O) groups is 1. The average Bonchev–Trinajstić information content (AvgIpc) is 2.87. The molecule has 1 aromatic carbocycles. The van der Waals surface area contributed by atoms with Crippen molar-refractivity contribution in [3.63, 3.8) is 0 Å². The molecular weight excluding hydrogens is 283 g/mol. The molecule has 0 aliphatic carbocycles. The van der Waals surface area contributed by atoms with Crippen molar-refractivity contribution in [2.45, 2.75) is 13.5 Å². The van der Waals surface area contributed by atoms with Crippen LogP contribution in [0, 0.1) is 15.9 Å². The van der Waals surface area contributed by atoms with E-state index in [0.29, 0.717) is 18.3 Å². The van der Waals surface area contributed by atoms with Gasteiger partial charge in [-0.2, -0.15) is 5.10 Å². The Morgan fingerprint density at radius 3 is 2.81 bits per heavy atom. The highest BCUT2D eigenvalue weighted by molar-refractivity contribution is 5.94. The quantitative estimate of drug-likeness (QED) is 0.647. The van der Waals surface area contributed by atoms with Crippen LogP contribution in [0.3, 0.4) is 0 Å². The van der Waals surface area contributed by atoms with E-state index in [-0.39, 0.29) is 5.69 Å². The average molecular weight is 294 g/mol. The SMILES string of the molecule is CCn1cc(Nc2cc(C(=O)O)c([N+](=O)[O-])cc2F)cn1. The lowest BCUT2D eigenvalue weighted by molar-refractivity contribution is -0.385. The van der Waals surface area contributed by atoms with Crippen molar-refractivity contribution in [1.29, 1.82) is 0 Å². The van der Waals surface area contributed by atoms with Crippen molar-refractivity contribution < 1.29 is 19.2 Å². The third kappa shape index (κ3) is 2.96. The first kappa shape index (κ1) is 14.4. The molecule has 0 aliphatic heterocycles. The van der Waals surface area contributed by atoms with Gasteiger partial charge in [0.2, 0.25) is 0 Å². The smallest absolute Gasteiger partial charge is 0.342 e. The van der Waals surface area contributed by atoms with E-state index in [1.54, 1.807) is 10.9 Å². The highest BCUT2D eigenvalue weighted by Crippen LogP contribution is 2.28. The van der Waals surface area contributed by atoms with Crippen LogP contribution in [0.15, 0.2) is 24.5 Å². The van der Waals surface area contributed by atoms with Gasteiger partial charge in [-0.15, -0.1) is 0 Å². The first-order chi connectivity index (χ1) is 9.92. The fourth-order valence-electron chi connectivity index (χ4n) is 1.74. The van der Waals surface area contributed by atoms with Gasteiger partial charge >= 0.3 is 5.97 Å². The number of hydrogen-bond acceptors (Lipinski definition) is 5. The molecule has 2 aromatic rings. The lowest BCUT2D eigenvalue weighted by atomic mass is 10.1. The van der Waals surface area contributed by atoms with E-state index in [1.165, 1.54) is 6.20 Å². The van der Waals surface area contributed by atoms with Crippen LogP contribution in [0.1, 0.15) is 17.3 Å². The summed E-state index contributed by atoms with van der Waals surface area (Å²) in [6, 6.07) is 1.47. The Balaban J connectivity index is 2.42. The van der Waals surface area contributed by atoms with Crippen molar-refractivity contribution in [2.75, 3.05) is 5.32 Å². The molecule has 110 valence electrons. The molecule has 21 heavy (non-hydrogen) atoms. The van der Waals surface area contributed by atoms with Gasteiger partial charge in [0, 0.05) is 12.7 Å². The number of halogens is 1. The number of benzene rings is 1. The topological polar surface area (TPSA) is 110 Å². The zero-order chi connectivity index (χ0) is 15.6. The summed E-state index contributed by atoms with van der Waals surface area (Å²) in [5, 5.41) is 26.3. The maximum absolute atomic E-state index is 13.8. The van der Waals surface area contributed by atoms with Crippen molar-refractivity contribution in [3.8, 4) is 0 Å². The number of anilines is 2. The maximum Gasteiger partial charge on any atom is 0.342 e. The summed E-state index contributed by atoms with van der Waals surface area (Å²) >= 11 is 0. The number of nitrogens with one attached hydrogen (secondary N) is 1. The number of nitro groups is 1. The second-order valence-corrected chi connectivity index (χ2v) is 4.12. The molecule has 0 unspecified atom stereocenters. The van der Waals surface area contributed by atoms with Gasteiger partial charge < -0.3 is 10.4 Å². The number of aromatic nitrogens is 2. The van der Waals surface area contributed by atoms with E-state index in [0.717, 1.165) is 6.07 Å². The lowest BCUT2D eigenvalue weighted by Crippen LogP contribution is -2.05. The van der Waals surface area contributed by atoms with Crippen LogP contribution in [0.2, 0.25) is 0 Å². The standard InChI is InChI=1S/C12H11FN4O4/c1-2-16-6-7(5-14-16)15-10-3-8(12(18)19)11(17(20)21)4-9(10)13/h3-6,15H,2H2,1H3,(H,18,19).